The molecular formula is C19H23BrFN3OS. The second kappa shape index (κ2) is 8.50. The highest BCUT2D eigenvalue weighted by molar-refractivity contribution is 9.11. The van der Waals surface area contributed by atoms with Crippen molar-refractivity contribution in [3.63, 3.8) is 0 Å². The molecule has 2 aromatic rings. The molecule has 1 aliphatic rings. The molecule has 1 fully saturated rings. The van der Waals surface area contributed by atoms with E-state index in [1.54, 1.807) is 6.07 Å². The predicted molar refractivity (Wildman–Crippen MR) is 109 cm³/mol. The van der Waals surface area contributed by atoms with Crippen molar-refractivity contribution in [1.82, 2.24) is 10.2 Å². The monoisotopic (exact) mass is 439 g/mol. The number of nitrogens with one attached hydrogen (secondary N) is 1. The standard InChI is InChI=1S/C19H23BrFN3OS/c1-3-23-8-10-24(11-9-23)16-5-4-14(21)12-15(16)13(2)22-19(25)17-6-7-18(20)26-17/h4-7,12-13H,3,8-11H2,1-2H3,(H,22,25). The Balaban J connectivity index is 1.77. The summed E-state index contributed by atoms with van der Waals surface area (Å²) in [6.45, 7) is 8.93. The number of carbonyl (C=O) groups excluding carboxylic acids is 1. The molecule has 1 atom stereocenters. The van der Waals surface area contributed by atoms with E-state index >= 15 is 0 Å². The summed E-state index contributed by atoms with van der Waals surface area (Å²) in [6.07, 6.45) is 0. The lowest BCUT2D eigenvalue weighted by Gasteiger charge is -2.37. The van der Waals surface area contributed by atoms with Crippen molar-refractivity contribution in [2.45, 2.75) is 19.9 Å². The Kier molecular flexibility index (Phi) is 6.32. The Hall–Kier alpha value is -1.44. The Morgan fingerprint density at radius 1 is 1.27 bits per heavy atom. The highest BCUT2D eigenvalue weighted by Crippen LogP contribution is 2.29. The Labute approximate surface area is 166 Å². The van der Waals surface area contributed by atoms with Crippen molar-refractivity contribution < 1.29 is 9.18 Å². The Bertz CT molecular complexity index is 774. The van der Waals surface area contributed by atoms with E-state index < -0.39 is 0 Å². The van der Waals surface area contributed by atoms with Crippen LogP contribution in [0.1, 0.15) is 35.1 Å². The molecule has 1 amide bonds. The number of anilines is 1. The van der Waals surface area contributed by atoms with Gasteiger partial charge in [0, 0.05) is 37.4 Å². The average molecular weight is 440 g/mol. The second-order valence-corrected chi connectivity index (χ2v) is 8.89. The minimum absolute atomic E-state index is 0.140. The lowest BCUT2D eigenvalue weighted by molar-refractivity contribution is 0.0944. The van der Waals surface area contributed by atoms with Crippen LogP contribution in [0.5, 0.6) is 0 Å². The molecule has 26 heavy (non-hydrogen) atoms. The molecular weight excluding hydrogens is 417 g/mol. The van der Waals surface area contributed by atoms with E-state index in [0.717, 1.165) is 47.8 Å². The van der Waals surface area contributed by atoms with Gasteiger partial charge in [0.05, 0.1) is 14.7 Å². The van der Waals surface area contributed by atoms with Crippen LogP contribution >= 0.6 is 27.3 Å². The summed E-state index contributed by atoms with van der Waals surface area (Å²) in [5, 5.41) is 3.00. The van der Waals surface area contributed by atoms with Crippen molar-refractivity contribution in [3.05, 3.63) is 50.4 Å². The summed E-state index contributed by atoms with van der Waals surface area (Å²) in [5.74, 6) is -0.421. The van der Waals surface area contributed by atoms with Crippen LogP contribution in [0.25, 0.3) is 0 Å². The number of hydrogen-bond acceptors (Lipinski definition) is 4. The van der Waals surface area contributed by atoms with E-state index in [4.69, 9.17) is 0 Å². The number of thiophene rings is 1. The number of carbonyl (C=O) groups is 1. The summed E-state index contributed by atoms with van der Waals surface area (Å²) in [7, 11) is 0. The first kappa shape index (κ1) is 19.3. The van der Waals surface area contributed by atoms with Crippen molar-refractivity contribution in [2.24, 2.45) is 0 Å². The van der Waals surface area contributed by atoms with Gasteiger partial charge in [-0.05, 0) is 59.7 Å². The smallest absolute Gasteiger partial charge is 0.261 e. The maximum Gasteiger partial charge on any atom is 0.261 e. The van der Waals surface area contributed by atoms with E-state index in [2.05, 4.69) is 38.0 Å². The number of amides is 1. The quantitative estimate of drug-likeness (QED) is 0.754. The fraction of sp³-hybridized carbons (Fsp3) is 0.421. The molecule has 1 aromatic heterocycles. The van der Waals surface area contributed by atoms with Gasteiger partial charge in [-0.25, -0.2) is 4.39 Å². The molecule has 4 nitrogen and oxygen atoms in total. The number of nitrogens with zero attached hydrogens (tertiary/aromatic N) is 2. The topological polar surface area (TPSA) is 35.6 Å². The minimum atomic E-state index is -0.282. The summed E-state index contributed by atoms with van der Waals surface area (Å²) in [6, 6.07) is 8.22. The average Bonchev–Trinajstić information content (AvgIpc) is 3.08. The lowest BCUT2D eigenvalue weighted by Crippen LogP contribution is -2.46. The van der Waals surface area contributed by atoms with E-state index in [9.17, 15) is 9.18 Å². The van der Waals surface area contributed by atoms with Crippen LogP contribution in [0, 0.1) is 5.82 Å². The zero-order valence-corrected chi connectivity index (χ0v) is 17.4. The Morgan fingerprint density at radius 3 is 2.62 bits per heavy atom. The van der Waals surface area contributed by atoms with Crippen molar-refractivity contribution in [2.75, 3.05) is 37.6 Å². The van der Waals surface area contributed by atoms with E-state index in [1.165, 1.54) is 23.5 Å². The zero-order valence-electron chi connectivity index (χ0n) is 15.0. The molecule has 0 aliphatic carbocycles. The van der Waals surface area contributed by atoms with Crippen LogP contribution in [0.15, 0.2) is 34.1 Å². The van der Waals surface area contributed by atoms with Crippen LogP contribution in [-0.4, -0.2) is 43.5 Å². The van der Waals surface area contributed by atoms with Crippen LogP contribution in [-0.2, 0) is 0 Å². The van der Waals surface area contributed by atoms with Gasteiger partial charge in [0.1, 0.15) is 5.82 Å². The normalized spacial score (nSPS) is 16.5. The van der Waals surface area contributed by atoms with E-state index in [0.29, 0.717) is 4.88 Å². The van der Waals surface area contributed by atoms with Gasteiger partial charge in [0.2, 0.25) is 0 Å². The van der Waals surface area contributed by atoms with Gasteiger partial charge in [0.15, 0.2) is 0 Å². The first-order chi connectivity index (χ1) is 12.5. The van der Waals surface area contributed by atoms with Crippen molar-refractivity contribution >= 4 is 38.9 Å². The molecule has 3 rings (SSSR count). The zero-order chi connectivity index (χ0) is 18.7. The van der Waals surface area contributed by atoms with Gasteiger partial charge in [-0.2, -0.15) is 0 Å². The minimum Gasteiger partial charge on any atom is -0.369 e. The van der Waals surface area contributed by atoms with Crippen LogP contribution in [0.4, 0.5) is 10.1 Å². The third kappa shape index (κ3) is 4.45. The number of halogens is 2. The van der Waals surface area contributed by atoms with Gasteiger partial charge in [-0.15, -0.1) is 11.3 Å². The molecule has 1 saturated heterocycles. The first-order valence-corrected chi connectivity index (χ1v) is 10.4. The molecule has 0 radical (unpaired) electrons. The predicted octanol–water partition coefficient (Wildman–Crippen LogP) is 4.28. The second-order valence-electron chi connectivity index (χ2n) is 6.42. The first-order valence-electron chi connectivity index (χ1n) is 8.81. The van der Waals surface area contributed by atoms with Gasteiger partial charge in [-0.1, -0.05) is 6.92 Å². The number of hydrogen-bond donors (Lipinski definition) is 1. The number of benzene rings is 1. The van der Waals surface area contributed by atoms with Crippen molar-refractivity contribution in [3.8, 4) is 0 Å². The van der Waals surface area contributed by atoms with Crippen LogP contribution in [0.2, 0.25) is 0 Å². The van der Waals surface area contributed by atoms with Gasteiger partial charge < -0.3 is 15.1 Å². The van der Waals surface area contributed by atoms with Gasteiger partial charge >= 0.3 is 0 Å². The molecule has 0 saturated carbocycles. The highest BCUT2D eigenvalue weighted by Gasteiger charge is 2.22. The fourth-order valence-electron chi connectivity index (χ4n) is 3.25. The summed E-state index contributed by atoms with van der Waals surface area (Å²) in [5.41, 5.74) is 1.82. The molecule has 1 aliphatic heterocycles. The third-order valence-electron chi connectivity index (χ3n) is 4.76. The van der Waals surface area contributed by atoms with Gasteiger partial charge in [-0.3, -0.25) is 4.79 Å². The maximum atomic E-state index is 13.9. The largest absolute Gasteiger partial charge is 0.369 e. The summed E-state index contributed by atoms with van der Waals surface area (Å²) < 4.78 is 14.8. The van der Waals surface area contributed by atoms with Crippen LogP contribution in [0.3, 0.4) is 0 Å². The number of piperazine rings is 1. The molecule has 140 valence electrons. The molecule has 0 spiro atoms. The SMILES string of the molecule is CCN1CCN(c2ccc(F)cc2C(C)NC(=O)c2ccc(Br)s2)CC1. The van der Waals surface area contributed by atoms with E-state index in [-0.39, 0.29) is 17.8 Å². The molecule has 1 aromatic carbocycles. The maximum absolute atomic E-state index is 13.9. The van der Waals surface area contributed by atoms with Gasteiger partial charge in [0.25, 0.3) is 5.91 Å². The summed E-state index contributed by atoms with van der Waals surface area (Å²) >= 11 is 4.76. The molecule has 0 bridgehead atoms. The molecule has 1 unspecified atom stereocenters. The fourth-order valence-corrected chi connectivity index (χ4v) is 4.54. The molecule has 2 heterocycles. The lowest BCUT2D eigenvalue weighted by atomic mass is 10.0. The Morgan fingerprint density at radius 2 is 2.00 bits per heavy atom. The number of likely N-dealkylation sites (N-methyl/N-ethyl adjacent to an activating group) is 1. The molecule has 1 N–H and O–H groups in total. The third-order valence-corrected chi connectivity index (χ3v) is 6.38. The van der Waals surface area contributed by atoms with Crippen molar-refractivity contribution in [1.29, 1.82) is 0 Å². The van der Waals surface area contributed by atoms with E-state index in [1.807, 2.05) is 19.1 Å². The summed E-state index contributed by atoms with van der Waals surface area (Å²) in [4.78, 5) is 17.8. The van der Waals surface area contributed by atoms with Crippen LogP contribution < -0.4 is 10.2 Å². The highest BCUT2D eigenvalue weighted by atomic mass is 79.9. The number of rotatable bonds is 5. The molecule has 7 heteroatoms.